The van der Waals surface area contributed by atoms with Gasteiger partial charge in [0.15, 0.2) is 0 Å². The Hall–Kier alpha value is 0.270. The smallest absolute Gasteiger partial charge is 0.0116 e. The molecule has 0 spiro atoms. The molecule has 0 bridgehead atoms. The van der Waals surface area contributed by atoms with Gasteiger partial charge in [-0.2, -0.15) is 11.8 Å². The van der Waals surface area contributed by atoms with Crippen molar-refractivity contribution in [2.24, 2.45) is 5.73 Å². The zero-order chi connectivity index (χ0) is 11.3. The van der Waals surface area contributed by atoms with Gasteiger partial charge in [0, 0.05) is 23.1 Å². The van der Waals surface area contributed by atoms with Gasteiger partial charge >= 0.3 is 0 Å². The molecule has 1 aliphatic rings. The van der Waals surface area contributed by atoms with Gasteiger partial charge in [-0.25, -0.2) is 0 Å². The van der Waals surface area contributed by atoms with E-state index in [2.05, 4.69) is 37.4 Å². The van der Waals surface area contributed by atoms with E-state index in [1.807, 2.05) is 0 Å². The van der Waals surface area contributed by atoms with Gasteiger partial charge in [0.2, 0.25) is 0 Å². The first-order chi connectivity index (χ1) is 7.05. The van der Waals surface area contributed by atoms with Crippen molar-refractivity contribution in [1.82, 2.24) is 4.90 Å². The summed E-state index contributed by atoms with van der Waals surface area (Å²) in [6.07, 6.45) is 3.72. The first-order valence-electron chi connectivity index (χ1n) is 6.13. The Morgan fingerprint density at radius 3 is 2.80 bits per heavy atom. The molecule has 1 aliphatic heterocycles. The van der Waals surface area contributed by atoms with Crippen molar-refractivity contribution in [2.75, 3.05) is 25.4 Å². The van der Waals surface area contributed by atoms with E-state index in [0.717, 1.165) is 13.0 Å². The lowest BCUT2D eigenvalue weighted by Crippen LogP contribution is -2.35. The average Bonchev–Trinajstić information content (AvgIpc) is 2.36. The fourth-order valence-corrected chi connectivity index (χ4v) is 3.19. The van der Waals surface area contributed by atoms with Gasteiger partial charge in [0.25, 0.3) is 0 Å². The van der Waals surface area contributed by atoms with E-state index in [9.17, 15) is 0 Å². The zero-order valence-corrected chi connectivity index (χ0v) is 11.3. The predicted octanol–water partition coefficient (Wildman–Crippen LogP) is 2.33. The predicted molar refractivity (Wildman–Crippen MR) is 70.5 cm³/mol. The van der Waals surface area contributed by atoms with Crippen LogP contribution in [-0.4, -0.2) is 41.1 Å². The van der Waals surface area contributed by atoms with Crippen molar-refractivity contribution in [3.63, 3.8) is 0 Å². The number of thioether (sulfide) groups is 1. The highest BCUT2D eigenvalue weighted by atomic mass is 32.2. The highest BCUT2D eigenvalue weighted by Crippen LogP contribution is 2.31. The molecule has 0 aromatic rings. The van der Waals surface area contributed by atoms with Crippen LogP contribution >= 0.6 is 11.8 Å². The Morgan fingerprint density at radius 1 is 1.40 bits per heavy atom. The second-order valence-corrected chi connectivity index (χ2v) is 6.98. The molecule has 1 heterocycles. The first kappa shape index (κ1) is 13.3. The maximum Gasteiger partial charge on any atom is 0.0116 e. The van der Waals surface area contributed by atoms with E-state index < -0.39 is 0 Å². The maximum absolute atomic E-state index is 5.56. The van der Waals surface area contributed by atoms with E-state index >= 15 is 0 Å². The molecule has 0 aliphatic carbocycles. The lowest BCUT2D eigenvalue weighted by Gasteiger charge is -2.28. The fraction of sp³-hybridized carbons (Fsp3) is 1.00. The summed E-state index contributed by atoms with van der Waals surface area (Å²) in [7, 11) is 0. The molecule has 0 amide bonds. The third-order valence-corrected chi connectivity index (χ3v) is 4.69. The minimum Gasteiger partial charge on any atom is -0.330 e. The van der Waals surface area contributed by atoms with Crippen LogP contribution in [0.15, 0.2) is 0 Å². The number of rotatable bonds is 4. The number of hydrogen-bond donors (Lipinski definition) is 1. The molecule has 3 heteroatoms. The van der Waals surface area contributed by atoms with Crippen molar-refractivity contribution >= 4 is 11.8 Å². The van der Waals surface area contributed by atoms with Gasteiger partial charge in [-0.05, 0) is 39.3 Å². The van der Waals surface area contributed by atoms with E-state index in [0.29, 0.717) is 10.8 Å². The summed E-state index contributed by atoms with van der Waals surface area (Å²) >= 11 is 2.12. The minimum atomic E-state index is 0.475. The molecule has 1 atom stereocenters. The van der Waals surface area contributed by atoms with Crippen LogP contribution in [0.5, 0.6) is 0 Å². The van der Waals surface area contributed by atoms with Gasteiger partial charge in [0.1, 0.15) is 0 Å². The van der Waals surface area contributed by atoms with E-state index in [1.165, 1.54) is 31.7 Å². The van der Waals surface area contributed by atoms with Crippen molar-refractivity contribution < 1.29 is 0 Å². The van der Waals surface area contributed by atoms with Crippen LogP contribution in [0.1, 0.15) is 40.0 Å². The monoisotopic (exact) mass is 230 g/mol. The highest BCUT2D eigenvalue weighted by Gasteiger charge is 2.25. The van der Waals surface area contributed by atoms with Crippen LogP contribution in [0.3, 0.4) is 0 Å². The van der Waals surface area contributed by atoms with Crippen LogP contribution in [0, 0.1) is 0 Å². The van der Waals surface area contributed by atoms with Crippen LogP contribution in [0.4, 0.5) is 0 Å². The Bertz CT molecular complexity index is 182. The lowest BCUT2D eigenvalue weighted by molar-refractivity contribution is 0.206. The Labute approximate surface area is 99.0 Å². The summed E-state index contributed by atoms with van der Waals surface area (Å²) in [5.74, 6) is 1.28. The molecule has 0 aromatic heterocycles. The Morgan fingerprint density at radius 2 is 2.13 bits per heavy atom. The van der Waals surface area contributed by atoms with E-state index in [4.69, 9.17) is 5.73 Å². The van der Waals surface area contributed by atoms with Crippen LogP contribution in [0.2, 0.25) is 0 Å². The normalized spacial score (nSPS) is 24.8. The van der Waals surface area contributed by atoms with Crippen LogP contribution in [0.25, 0.3) is 0 Å². The summed E-state index contributed by atoms with van der Waals surface area (Å²) in [5.41, 5.74) is 5.56. The summed E-state index contributed by atoms with van der Waals surface area (Å²) in [6, 6.07) is 0.711. The maximum atomic E-state index is 5.56. The zero-order valence-electron chi connectivity index (χ0n) is 10.5. The second kappa shape index (κ2) is 6.12. The Kier molecular flexibility index (Phi) is 5.44. The Balaban J connectivity index is 2.36. The molecule has 1 unspecified atom stereocenters. The van der Waals surface area contributed by atoms with Crippen molar-refractivity contribution in [3.05, 3.63) is 0 Å². The summed E-state index contributed by atoms with van der Waals surface area (Å²) in [6.45, 7) is 10.4. The van der Waals surface area contributed by atoms with Crippen molar-refractivity contribution in [1.29, 1.82) is 0 Å². The summed E-state index contributed by atoms with van der Waals surface area (Å²) < 4.78 is 0.475. The van der Waals surface area contributed by atoms with Gasteiger partial charge < -0.3 is 5.73 Å². The second-order valence-electron chi connectivity index (χ2n) is 5.17. The van der Waals surface area contributed by atoms with Crippen LogP contribution < -0.4 is 5.73 Å². The largest absolute Gasteiger partial charge is 0.330 e. The number of nitrogens with two attached hydrogens (primary N) is 1. The number of hydrogen-bond acceptors (Lipinski definition) is 3. The van der Waals surface area contributed by atoms with E-state index in [1.54, 1.807) is 0 Å². The molecule has 0 radical (unpaired) electrons. The van der Waals surface area contributed by atoms with E-state index in [-0.39, 0.29) is 0 Å². The topological polar surface area (TPSA) is 29.3 Å². The molecule has 1 fully saturated rings. The molecule has 1 rings (SSSR count). The quantitative estimate of drug-likeness (QED) is 0.804. The molecule has 15 heavy (non-hydrogen) atoms. The highest BCUT2D eigenvalue weighted by molar-refractivity contribution is 8.00. The van der Waals surface area contributed by atoms with Gasteiger partial charge in [0.05, 0.1) is 0 Å². The lowest BCUT2D eigenvalue weighted by atomic mass is 10.1. The first-order valence-corrected chi connectivity index (χ1v) is 7.12. The fourth-order valence-electron chi connectivity index (χ4n) is 2.07. The van der Waals surface area contributed by atoms with Gasteiger partial charge in [-0.3, -0.25) is 4.90 Å². The van der Waals surface area contributed by atoms with Gasteiger partial charge in [-0.15, -0.1) is 0 Å². The molecular formula is C12H26N2S. The summed E-state index contributed by atoms with van der Waals surface area (Å²) in [5, 5.41) is 0. The van der Waals surface area contributed by atoms with Crippen molar-refractivity contribution in [3.8, 4) is 0 Å². The molecule has 0 aromatic carbocycles. The summed E-state index contributed by atoms with van der Waals surface area (Å²) in [4.78, 5) is 2.64. The minimum absolute atomic E-state index is 0.475. The molecule has 2 nitrogen and oxygen atoms in total. The van der Waals surface area contributed by atoms with Crippen molar-refractivity contribution in [2.45, 2.75) is 50.8 Å². The molecule has 90 valence electrons. The third kappa shape index (κ3) is 4.75. The third-order valence-electron chi connectivity index (χ3n) is 3.32. The molecule has 0 saturated carbocycles. The molecular weight excluding hydrogens is 204 g/mol. The standard InChI is InChI=1S/C12H26N2S/c1-11(5-4-7-13)14-8-6-12(2,3)15-10-9-14/h11H,4-10,13H2,1-3H3. The molecule has 1 saturated heterocycles. The number of nitrogens with zero attached hydrogens (tertiary/aromatic N) is 1. The SMILES string of the molecule is CC(CCCN)N1CCSC(C)(C)CC1. The van der Waals surface area contributed by atoms with Gasteiger partial charge in [-0.1, -0.05) is 13.8 Å². The average molecular weight is 230 g/mol. The molecule has 2 N–H and O–H groups in total. The van der Waals surface area contributed by atoms with Crippen LogP contribution in [-0.2, 0) is 0 Å².